The highest BCUT2D eigenvalue weighted by Gasteiger charge is 2.33. The van der Waals surface area contributed by atoms with E-state index < -0.39 is 10.9 Å². The first-order valence-corrected chi connectivity index (χ1v) is 11.8. The Bertz CT molecular complexity index is 919. The third-order valence-electron chi connectivity index (χ3n) is 5.65. The molecule has 2 aromatic rings. The predicted octanol–water partition coefficient (Wildman–Crippen LogP) is 3.60. The number of anilines is 1. The van der Waals surface area contributed by atoms with E-state index in [1.54, 1.807) is 6.92 Å². The SMILES string of the molecule is C=C(NN)c1ccc(CN(c2ccccc2)S(=C)N2CC(C)N(C(C)=O)C(C)C2)cc1. The quantitative estimate of drug-likeness (QED) is 0.392. The van der Waals surface area contributed by atoms with Crippen LogP contribution in [-0.4, -0.2) is 46.2 Å². The van der Waals surface area contributed by atoms with Crippen molar-refractivity contribution in [1.29, 1.82) is 0 Å². The summed E-state index contributed by atoms with van der Waals surface area (Å²) in [5, 5.41) is 0. The van der Waals surface area contributed by atoms with E-state index in [-0.39, 0.29) is 18.0 Å². The molecule has 3 atom stereocenters. The van der Waals surface area contributed by atoms with E-state index in [1.807, 2.05) is 23.1 Å². The number of hydrazine groups is 1. The molecule has 3 unspecified atom stereocenters. The summed E-state index contributed by atoms with van der Waals surface area (Å²) >= 11 is 0. The van der Waals surface area contributed by atoms with Gasteiger partial charge in [0.15, 0.2) is 0 Å². The van der Waals surface area contributed by atoms with E-state index in [0.29, 0.717) is 5.70 Å². The number of rotatable bonds is 7. The highest BCUT2D eigenvalue weighted by molar-refractivity contribution is 8.13. The lowest BCUT2D eigenvalue weighted by molar-refractivity contribution is -0.135. The third kappa shape index (κ3) is 5.36. The first kappa shape index (κ1) is 23.1. The Hall–Kier alpha value is -2.61. The minimum atomic E-state index is -0.402. The average molecular weight is 440 g/mol. The van der Waals surface area contributed by atoms with Crippen LogP contribution < -0.4 is 15.6 Å². The van der Waals surface area contributed by atoms with E-state index >= 15 is 0 Å². The number of hydrogen-bond acceptors (Lipinski definition) is 5. The summed E-state index contributed by atoms with van der Waals surface area (Å²) < 4.78 is 4.74. The number of nitrogens with two attached hydrogens (primary N) is 1. The van der Waals surface area contributed by atoms with Gasteiger partial charge in [-0.2, -0.15) is 0 Å². The number of amides is 1. The van der Waals surface area contributed by atoms with Crippen LogP contribution >= 0.6 is 10.9 Å². The monoisotopic (exact) mass is 439 g/mol. The molecule has 0 aliphatic carbocycles. The Balaban J connectivity index is 1.84. The maximum Gasteiger partial charge on any atom is 0.220 e. The van der Waals surface area contributed by atoms with Crippen molar-refractivity contribution in [2.75, 3.05) is 17.4 Å². The van der Waals surface area contributed by atoms with Crippen LogP contribution in [-0.2, 0) is 11.3 Å². The highest BCUT2D eigenvalue weighted by Crippen LogP contribution is 2.34. The number of carbonyl (C=O) groups is 1. The molecule has 0 spiro atoms. The molecule has 0 bridgehead atoms. The average Bonchev–Trinajstić information content (AvgIpc) is 2.76. The standard InChI is InChI=1S/C24H33N5OS/c1-18-15-27(16-19(2)29(18)21(4)30)31(5)28(24-9-7-6-8-10-24)17-22-11-13-23(14-12-22)20(3)26-25/h6-14,18-19,26H,3,5,15-17,25H2,1-2,4H3. The van der Waals surface area contributed by atoms with E-state index in [9.17, 15) is 4.79 Å². The Labute approximate surface area is 188 Å². The van der Waals surface area contributed by atoms with Crippen LogP contribution in [0.3, 0.4) is 0 Å². The van der Waals surface area contributed by atoms with Gasteiger partial charge < -0.3 is 14.6 Å². The molecule has 0 aromatic heterocycles. The van der Waals surface area contributed by atoms with Gasteiger partial charge >= 0.3 is 0 Å². The smallest absolute Gasteiger partial charge is 0.220 e. The fourth-order valence-electron chi connectivity index (χ4n) is 4.15. The molecule has 1 aliphatic rings. The lowest BCUT2D eigenvalue weighted by atomic mass is 10.1. The molecule has 31 heavy (non-hydrogen) atoms. The zero-order valence-electron chi connectivity index (χ0n) is 18.6. The van der Waals surface area contributed by atoms with Gasteiger partial charge in [0.1, 0.15) is 0 Å². The van der Waals surface area contributed by atoms with Crippen LogP contribution in [0.15, 0.2) is 61.2 Å². The number of benzene rings is 2. The Morgan fingerprint density at radius 3 is 2.23 bits per heavy atom. The second-order valence-electron chi connectivity index (χ2n) is 8.00. The normalized spacial score (nSPS) is 20.2. The molecule has 1 amide bonds. The Morgan fingerprint density at radius 2 is 1.71 bits per heavy atom. The number of nitrogens with zero attached hydrogens (tertiary/aromatic N) is 3. The summed E-state index contributed by atoms with van der Waals surface area (Å²) in [6.45, 7) is 12.1. The molecule has 1 saturated heterocycles. The highest BCUT2D eigenvalue weighted by atomic mass is 32.2. The lowest BCUT2D eigenvalue weighted by Crippen LogP contribution is -2.57. The largest absolute Gasteiger partial charge is 0.335 e. The summed E-state index contributed by atoms with van der Waals surface area (Å²) in [5.74, 6) is 10.2. The van der Waals surface area contributed by atoms with Crippen LogP contribution in [0, 0.1) is 0 Å². The fourth-order valence-corrected chi connectivity index (χ4v) is 5.87. The summed E-state index contributed by atoms with van der Waals surface area (Å²) in [6.07, 6.45) is 0. The van der Waals surface area contributed by atoms with Gasteiger partial charge in [-0.05, 0) is 53.8 Å². The molecule has 1 fully saturated rings. The zero-order valence-corrected chi connectivity index (χ0v) is 19.4. The van der Waals surface area contributed by atoms with Crippen molar-refractivity contribution >= 4 is 34.0 Å². The van der Waals surface area contributed by atoms with Crippen molar-refractivity contribution in [3.63, 3.8) is 0 Å². The van der Waals surface area contributed by atoms with Gasteiger partial charge in [0.05, 0.1) is 6.54 Å². The molecule has 0 saturated carbocycles. The molecule has 1 heterocycles. The lowest BCUT2D eigenvalue weighted by Gasteiger charge is -2.46. The van der Waals surface area contributed by atoms with Gasteiger partial charge in [-0.25, -0.2) is 4.31 Å². The van der Waals surface area contributed by atoms with Gasteiger partial charge in [0.2, 0.25) is 5.91 Å². The molecule has 2 aromatic carbocycles. The number of piperazine rings is 1. The van der Waals surface area contributed by atoms with Crippen molar-refractivity contribution in [3.05, 3.63) is 72.3 Å². The molecule has 166 valence electrons. The number of para-hydroxylation sites is 1. The van der Waals surface area contributed by atoms with Crippen LogP contribution in [0.4, 0.5) is 5.69 Å². The van der Waals surface area contributed by atoms with Crippen molar-refractivity contribution < 1.29 is 4.79 Å². The molecule has 3 N–H and O–H groups in total. The first-order valence-electron chi connectivity index (χ1n) is 10.5. The maximum atomic E-state index is 12.1. The van der Waals surface area contributed by atoms with E-state index in [4.69, 9.17) is 5.84 Å². The second kappa shape index (κ2) is 10.1. The summed E-state index contributed by atoms with van der Waals surface area (Å²) in [4.78, 5) is 14.0. The van der Waals surface area contributed by atoms with Gasteiger partial charge in [-0.3, -0.25) is 10.6 Å². The minimum absolute atomic E-state index is 0.136. The van der Waals surface area contributed by atoms with Crippen LogP contribution in [0.1, 0.15) is 31.9 Å². The Kier molecular flexibility index (Phi) is 7.54. The van der Waals surface area contributed by atoms with Gasteiger partial charge in [-0.1, -0.05) is 49.0 Å². The zero-order chi connectivity index (χ0) is 22.5. The van der Waals surface area contributed by atoms with Crippen LogP contribution in [0.25, 0.3) is 5.70 Å². The van der Waals surface area contributed by atoms with Gasteiger partial charge in [-0.15, -0.1) is 0 Å². The van der Waals surface area contributed by atoms with Gasteiger partial charge in [0.25, 0.3) is 0 Å². The number of nitrogens with one attached hydrogen (secondary N) is 1. The van der Waals surface area contributed by atoms with Gasteiger partial charge in [0, 0.05) is 43.5 Å². The molecule has 3 rings (SSSR count). The van der Waals surface area contributed by atoms with Crippen molar-refractivity contribution in [3.8, 4) is 0 Å². The summed E-state index contributed by atoms with van der Waals surface area (Å²) in [6, 6.07) is 18.9. The van der Waals surface area contributed by atoms with Crippen LogP contribution in [0.5, 0.6) is 0 Å². The van der Waals surface area contributed by atoms with Crippen LogP contribution in [0.2, 0.25) is 0 Å². The molecule has 0 radical (unpaired) electrons. The first-order chi connectivity index (χ1) is 14.8. The fraction of sp³-hybridized carbons (Fsp3) is 0.333. The van der Waals surface area contributed by atoms with E-state index in [1.165, 1.54) is 5.56 Å². The molecule has 1 aliphatic heterocycles. The van der Waals surface area contributed by atoms with Crippen molar-refractivity contribution in [2.45, 2.75) is 39.4 Å². The third-order valence-corrected chi connectivity index (χ3v) is 7.39. The second-order valence-corrected chi connectivity index (χ2v) is 9.64. The van der Waals surface area contributed by atoms with E-state index in [0.717, 1.165) is 30.9 Å². The molecular formula is C24H33N5OS. The number of carbonyl (C=O) groups excluding carboxylic acids is 1. The number of hydrogen-bond donors (Lipinski definition) is 2. The van der Waals surface area contributed by atoms with Crippen molar-refractivity contribution in [2.24, 2.45) is 5.84 Å². The van der Waals surface area contributed by atoms with E-state index in [2.05, 4.69) is 76.7 Å². The molecule has 6 nitrogen and oxygen atoms in total. The summed E-state index contributed by atoms with van der Waals surface area (Å²) in [5.41, 5.74) is 6.57. The summed E-state index contributed by atoms with van der Waals surface area (Å²) in [7, 11) is -0.402. The van der Waals surface area contributed by atoms with Crippen molar-refractivity contribution in [1.82, 2.24) is 14.6 Å². The minimum Gasteiger partial charge on any atom is -0.335 e. The Morgan fingerprint density at radius 1 is 1.13 bits per heavy atom. The maximum absolute atomic E-state index is 12.1. The predicted molar refractivity (Wildman–Crippen MR) is 133 cm³/mol. The molecule has 7 heteroatoms. The molecular weight excluding hydrogens is 406 g/mol. The topological polar surface area (TPSA) is 64.8 Å².